The van der Waals surface area contributed by atoms with Crippen molar-refractivity contribution >= 4 is 17.3 Å². The minimum Gasteiger partial charge on any atom is -0.451 e. The van der Waals surface area contributed by atoms with Gasteiger partial charge in [-0.05, 0) is 12.1 Å². The summed E-state index contributed by atoms with van der Waals surface area (Å²) in [4.78, 5) is 10.6. The molecule has 1 heterocycles. The van der Waals surface area contributed by atoms with Crippen LogP contribution in [-0.4, -0.2) is 6.29 Å². The van der Waals surface area contributed by atoms with E-state index in [-0.39, 0.29) is 16.5 Å². The van der Waals surface area contributed by atoms with E-state index in [1.54, 1.807) is 0 Å². The summed E-state index contributed by atoms with van der Waals surface area (Å²) in [5, 5.41) is 0.180. The van der Waals surface area contributed by atoms with Crippen LogP contribution < -0.4 is 0 Å². The second-order valence-electron chi connectivity index (χ2n) is 2.99. The molecule has 0 fully saturated rings. The standard InChI is InChI=1S/C10H5F3O2/c11-10(12,13)9-4-7-6(5-14)2-1-3-8(7)15-9/h1-5H. The number of hydrogen-bond acceptors (Lipinski definition) is 2. The summed E-state index contributed by atoms with van der Waals surface area (Å²) < 4.78 is 41.4. The third kappa shape index (κ3) is 1.60. The number of carbonyl (C=O) groups is 1. The molecule has 1 aromatic carbocycles. The molecule has 0 aliphatic carbocycles. The van der Waals surface area contributed by atoms with Gasteiger partial charge in [0, 0.05) is 10.9 Å². The van der Waals surface area contributed by atoms with Gasteiger partial charge in [0.05, 0.1) is 0 Å². The first-order chi connectivity index (χ1) is 7.02. The van der Waals surface area contributed by atoms with Gasteiger partial charge in [0.2, 0.25) is 5.76 Å². The fraction of sp³-hybridized carbons (Fsp3) is 0.100. The molecule has 0 N–H and O–H groups in total. The number of furan rings is 1. The van der Waals surface area contributed by atoms with Crippen LogP contribution in [0, 0.1) is 0 Å². The highest BCUT2D eigenvalue weighted by Crippen LogP contribution is 2.34. The molecule has 0 radical (unpaired) electrons. The minimum absolute atomic E-state index is 0.0620. The van der Waals surface area contributed by atoms with E-state index >= 15 is 0 Å². The first kappa shape index (κ1) is 9.76. The lowest BCUT2D eigenvalue weighted by atomic mass is 10.1. The zero-order chi connectivity index (χ0) is 11.1. The molecule has 5 heteroatoms. The van der Waals surface area contributed by atoms with Crippen molar-refractivity contribution in [1.29, 1.82) is 0 Å². The molecule has 0 bridgehead atoms. The Hall–Kier alpha value is -1.78. The fourth-order valence-corrected chi connectivity index (χ4v) is 1.33. The number of aldehydes is 1. The average Bonchev–Trinajstić information content (AvgIpc) is 2.59. The average molecular weight is 214 g/mol. The van der Waals surface area contributed by atoms with Gasteiger partial charge in [0.25, 0.3) is 0 Å². The predicted molar refractivity (Wildman–Crippen MR) is 46.6 cm³/mol. The molecule has 0 unspecified atom stereocenters. The summed E-state index contributed by atoms with van der Waals surface area (Å²) in [5.74, 6) is -1.09. The zero-order valence-electron chi connectivity index (χ0n) is 7.34. The van der Waals surface area contributed by atoms with E-state index in [0.29, 0.717) is 6.29 Å². The molecule has 15 heavy (non-hydrogen) atoms. The summed E-state index contributed by atoms with van der Waals surface area (Å²) in [7, 11) is 0. The number of rotatable bonds is 1. The smallest absolute Gasteiger partial charge is 0.449 e. The van der Waals surface area contributed by atoms with Gasteiger partial charge in [-0.15, -0.1) is 0 Å². The zero-order valence-corrected chi connectivity index (χ0v) is 7.34. The molecule has 78 valence electrons. The highest BCUT2D eigenvalue weighted by atomic mass is 19.4. The van der Waals surface area contributed by atoms with E-state index in [0.717, 1.165) is 6.07 Å². The van der Waals surface area contributed by atoms with Crippen LogP contribution in [0.25, 0.3) is 11.0 Å². The molecule has 0 aliphatic rings. The summed E-state index contributed by atoms with van der Waals surface area (Å²) in [6, 6.07) is 5.12. The van der Waals surface area contributed by atoms with Crippen LogP contribution in [0.3, 0.4) is 0 Å². The highest BCUT2D eigenvalue weighted by molar-refractivity contribution is 5.96. The van der Waals surface area contributed by atoms with Crippen molar-refractivity contribution in [3.63, 3.8) is 0 Å². The number of fused-ring (bicyclic) bond motifs is 1. The lowest BCUT2D eigenvalue weighted by Crippen LogP contribution is -2.01. The number of halogens is 3. The normalized spacial score (nSPS) is 11.9. The maximum absolute atomic E-state index is 12.3. The lowest BCUT2D eigenvalue weighted by Gasteiger charge is -1.98. The molecule has 0 spiro atoms. The Bertz CT molecular complexity index is 511. The fourth-order valence-electron chi connectivity index (χ4n) is 1.33. The minimum atomic E-state index is -4.53. The van der Waals surface area contributed by atoms with Crippen LogP contribution in [0.2, 0.25) is 0 Å². The quantitative estimate of drug-likeness (QED) is 0.682. The summed E-state index contributed by atoms with van der Waals surface area (Å²) in [5.41, 5.74) is 0.249. The third-order valence-electron chi connectivity index (χ3n) is 2.00. The number of benzene rings is 1. The Balaban J connectivity index is 2.70. The van der Waals surface area contributed by atoms with Crippen molar-refractivity contribution in [2.75, 3.05) is 0 Å². The molecule has 2 rings (SSSR count). The largest absolute Gasteiger partial charge is 0.451 e. The molecule has 0 saturated heterocycles. The van der Waals surface area contributed by atoms with E-state index < -0.39 is 11.9 Å². The van der Waals surface area contributed by atoms with Crippen LogP contribution >= 0.6 is 0 Å². The molecule has 2 nitrogen and oxygen atoms in total. The molecule has 1 aromatic heterocycles. The van der Waals surface area contributed by atoms with Gasteiger partial charge in [-0.1, -0.05) is 12.1 Å². The monoisotopic (exact) mass is 214 g/mol. The first-order valence-corrected chi connectivity index (χ1v) is 4.07. The van der Waals surface area contributed by atoms with Crippen molar-refractivity contribution in [2.45, 2.75) is 6.18 Å². The van der Waals surface area contributed by atoms with Gasteiger partial charge < -0.3 is 4.42 Å². The van der Waals surface area contributed by atoms with Gasteiger partial charge in [-0.2, -0.15) is 13.2 Å². The third-order valence-corrected chi connectivity index (χ3v) is 2.00. The molecule has 0 saturated carbocycles. The Labute approximate surface area is 82.3 Å². The highest BCUT2D eigenvalue weighted by Gasteiger charge is 2.35. The summed E-state index contributed by atoms with van der Waals surface area (Å²) >= 11 is 0. The van der Waals surface area contributed by atoms with Crippen LogP contribution in [0.5, 0.6) is 0 Å². The van der Waals surface area contributed by atoms with E-state index in [2.05, 4.69) is 4.42 Å². The number of carbonyl (C=O) groups excluding carboxylic acids is 1. The van der Waals surface area contributed by atoms with E-state index in [4.69, 9.17) is 0 Å². The van der Waals surface area contributed by atoms with Crippen LogP contribution in [0.1, 0.15) is 16.1 Å². The van der Waals surface area contributed by atoms with Gasteiger partial charge in [0.15, 0.2) is 6.29 Å². The van der Waals surface area contributed by atoms with Crippen molar-refractivity contribution in [2.24, 2.45) is 0 Å². The van der Waals surface area contributed by atoms with Crippen molar-refractivity contribution in [3.8, 4) is 0 Å². The van der Waals surface area contributed by atoms with E-state index in [1.807, 2.05) is 0 Å². The summed E-state index contributed by atoms with van der Waals surface area (Å²) in [6.45, 7) is 0. The van der Waals surface area contributed by atoms with Crippen molar-refractivity contribution < 1.29 is 22.4 Å². The van der Waals surface area contributed by atoms with E-state index in [9.17, 15) is 18.0 Å². The van der Waals surface area contributed by atoms with Crippen LogP contribution in [0.15, 0.2) is 28.7 Å². The van der Waals surface area contributed by atoms with Crippen LogP contribution in [0.4, 0.5) is 13.2 Å². The Morgan fingerprint density at radius 3 is 2.60 bits per heavy atom. The predicted octanol–water partition coefficient (Wildman–Crippen LogP) is 3.26. The Morgan fingerprint density at radius 1 is 1.27 bits per heavy atom. The maximum Gasteiger partial charge on any atom is 0.449 e. The lowest BCUT2D eigenvalue weighted by molar-refractivity contribution is -0.152. The Kier molecular flexibility index (Phi) is 2.03. The van der Waals surface area contributed by atoms with Gasteiger partial charge >= 0.3 is 6.18 Å². The SMILES string of the molecule is O=Cc1cccc2oc(C(F)(F)F)cc12. The number of alkyl halides is 3. The first-order valence-electron chi connectivity index (χ1n) is 4.07. The van der Waals surface area contributed by atoms with Gasteiger partial charge in [0.1, 0.15) is 5.58 Å². The maximum atomic E-state index is 12.3. The molecule has 0 amide bonds. The van der Waals surface area contributed by atoms with E-state index in [1.165, 1.54) is 18.2 Å². The number of hydrogen-bond donors (Lipinski definition) is 0. The molecular weight excluding hydrogens is 209 g/mol. The second-order valence-corrected chi connectivity index (χ2v) is 2.99. The van der Waals surface area contributed by atoms with Gasteiger partial charge in [-0.3, -0.25) is 4.79 Å². The molecule has 0 atom stereocenters. The molecule has 0 aliphatic heterocycles. The second kappa shape index (κ2) is 3.12. The summed E-state index contributed by atoms with van der Waals surface area (Å²) in [6.07, 6.45) is -4.03. The van der Waals surface area contributed by atoms with Crippen LogP contribution in [-0.2, 0) is 6.18 Å². The van der Waals surface area contributed by atoms with Crippen molar-refractivity contribution in [3.05, 3.63) is 35.6 Å². The van der Waals surface area contributed by atoms with Crippen molar-refractivity contribution in [1.82, 2.24) is 0 Å². The molecule has 2 aromatic rings. The van der Waals surface area contributed by atoms with Gasteiger partial charge in [-0.25, -0.2) is 0 Å². The molecular formula is C10H5F3O2. The Morgan fingerprint density at radius 2 is 2.00 bits per heavy atom. The topological polar surface area (TPSA) is 30.2 Å².